The standard InChI is InChI=1S/C18H17NO3/c20-17-10-15(18(21)22)12-19(17)11-14-8-4-5-9-16(14)13-6-2-1-3-7-13/h1-9,15H,10-12H2,(H,21,22)/t15-/m1/s1. The predicted octanol–water partition coefficient (Wildman–Crippen LogP) is 2.79. The summed E-state index contributed by atoms with van der Waals surface area (Å²) >= 11 is 0. The van der Waals surface area contributed by atoms with Crippen LogP contribution < -0.4 is 0 Å². The van der Waals surface area contributed by atoms with Crippen molar-refractivity contribution in [2.75, 3.05) is 6.54 Å². The third kappa shape index (κ3) is 2.86. The van der Waals surface area contributed by atoms with Gasteiger partial charge in [0.15, 0.2) is 0 Å². The second-order valence-corrected chi connectivity index (χ2v) is 5.54. The van der Waals surface area contributed by atoms with Crippen LogP contribution in [-0.2, 0) is 16.1 Å². The third-order valence-electron chi connectivity index (χ3n) is 4.03. The molecule has 3 rings (SSSR count). The van der Waals surface area contributed by atoms with Crippen LogP contribution in [-0.4, -0.2) is 28.4 Å². The van der Waals surface area contributed by atoms with Crippen molar-refractivity contribution in [1.29, 1.82) is 0 Å². The van der Waals surface area contributed by atoms with Gasteiger partial charge < -0.3 is 10.0 Å². The van der Waals surface area contributed by atoms with Gasteiger partial charge in [0.2, 0.25) is 5.91 Å². The van der Waals surface area contributed by atoms with Gasteiger partial charge >= 0.3 is 5.97 Å². The highest BCUT2D eigenvalue weighted by atomic mass is 16.4. The number of carbonyl (C=O) groups is 2. The fourth-order valence-electron chi connectivity index (χ4n) is 2.85. The zero-order chi connectivity index (χ0) is 15.5. The maximum atomic E-state index is 12.0. The molecule has 1 saturated heterocycles. The number of benzene rings is 2. The number of rotatable bonds is 4. The normalized spacial score (nSPS) is 17.7. The lowest BCUT2D eigenvalue weighted by molar-refractivity contribution is -0.141. The van der Waals surface area contributed by atoms with Gasteiger partial charge in [0.25, 0.3) is 0 Å². The van der Waals surface area contributed by atoms with Crippen molar-refractivity contribution in [3.63, 3.8) is 0 Å². The molecule has 1 amide bonds. The lowest BCUT2D eigenvalue weighted by Crippen LogP contribution is -2.26. The van der Waals surface area contributed by atoms with Crippen molar-refractivity contribution in [2.45, 2.75) is 13.0 Å². The van der Waals surface area contributed by atoms with E-state index in [1.54, 1.807) is 4.90 Å². The van der Waals surface area contributed by atoms with Crippen LogP contribution >= 0.6 is 0 Å². The zero-order valence-electron chi connectivity index (χ0n) is 12.1. The Balaban J connectivity index is 1.85. The van der Waals surface area contributed by atoms with E-state index >= 15 is 0 Å². The van der Waals surface area contributed by atoms with Gasteiger partial charge in [-0.25, -0.2) is 0 Å². The van der Waals surface area contributed by atoms with Crippen LogP contribution in [0.1, 0.15) is 12.0 Å². The van der Waals surface area contributed by atoms with Gasteiger partial charge in [-0.05, 0) is 16.7 Å². The summed E-state index contributed by atoms with van der Waals surface area (Å²) in [6.07, 6.45) is 0.100. The van der Waals surface area contributed by atoms with Crippen molar-refractivity contribution in [1.82, 2.24) is 4.90 Å². The van der Waals surface area contributed by atoms with Gasteiger partial charge in [0.1, 0.15) is 0 Å². The molecule has 0 unspecified atom stereocenters. The quantitative estimate of drug-likeness (QED) is 0.943. The second-order valence-electron chi connectivity index (χ2n) is 5.54. The molecular weight excluding hydrogens is 278 g/mol. The minimum absolute atomic E-state index is 0.0877. The van der Waals surface area contributed by atoms with E-state index in [1.807, 2.05) is 54.6 Å². The van der Waals surface area contributed by atoms with Crippen LogP contribution in [0.5, 0.6) is 0 Å². The summed E-state index contributed by atoms with van der Waals surface area (Å²) in [7, 11) is 0. The molecule has 2 aromatic rings. The van der Waals surface area contributed by atoms with Crippen LogP contribution in [0.25, 0.3) is 11.1 Å². The molecule has 4 nitrogen and oxygen atoms in total. The number of amides is 1. The number of carboxylic acid groups (broad SMARTS) is 1. The Kier molecular flexibility index (Phi) is 3.92. The minimum Gasteiger partial charge on any atom is -0.481 e. The van der Waals surface area contributed by atoms with Gasteiger partial charge in [-0.15, -0.1) is 0 Å². The number of carboxylic acids is 1. The summed E-state index contributed by atoms with van der Waals surface area (Å²) in [6.45, 7) is 0.741. The van der Waals surface area contributed by atoms with E-state index < -0.39 is 11.9 Å². The maximum absolute atomic E-state index is 12.0. The van der Waals surface area contributed by atoms with E-state index in [0.29, 0.717) is 6.54 Å². The SMILES string of the molecule is O=C(O)[C@@H]1CC(=O)N(Cc2ccccc2-c2ccccc2)C1. The number of carbonyl (C=O) groups excluding carboxylic acids is 1. The summed E-state index contributed by atoms with van der Waals surface area (Å²) in [5.41, 5.74) is 3.21. The molecule has 1 atom stereocenters. The number of aliphatic carboxylic acids is 1. The summed E-state index contributed by atoms with van der Waals surface area (Å²) < 4.78 is 0. The Hall–Kier alpha value is -2.62. The molecule has 112 valence electrons. The van der Waals surface area contributed by atoms with Gasteiger partial charge in [-0.1, -0.05) is 54.6 Å². The maximum Gasteiger partial charge on any atom is 0.308 e. The predicted molar refractivity (Wildman–Crippen MR) is 83.0 cm³/mol. The van der Waals surface area contributed by atoms with Crippen LogP contribution in [0, 0.1) is 5.92 Å². The first kappa shape index (κ1) is 14.3. The molecule has 0 aromatic heterocycles. The average Bonchev–Trinajstić information content (AvgIpc) is 2.90. The minimum atomic E-state index is -0.896. The number of hydrogen-bond acceptors (Lipinski definition) is 2. The highest BCUT2D eigenvalue weighted by molar-refractivity contribution is 5.86. The van der Waals surface area contributed by atoms with Crippen LogP contribution in [0.4, 0.5) is 0 Å². The van der Waals surface area contributed by atoms with Gasteiger partial charge in [0.05, 0.1) is 5.92 Å². The van der Waals surface area contributed by atoms with E-state index in [0.717, 1.165) is 16.7 Å². The first-order chi connectivity index (χ1) is 10.6. The fraction of sp³-hybridized carbons (Fsp3) is 0.222. The van der Waals surface area contributed by atoms with Crippen LogP contribution in [0.3, 0.4) is 0 Å². The Morgan fingerprint density at radius 1 is 1.09 bits per heavy atom. The highest BCUT2D eigenvalue weighted by Gasteiger charge is 2.34. The fourth-order valence-corrected chi connectivity index (χ4v) is 2.85. The molecule has 4 heteroatoms. The van der Waals surface area contributed by atoms with Crippen molar-refractivity contribution >= 4 is 11.9 Å². The molecule has 0 spiro atoms. The Morgan fingerprint density at radius 3 is 2.45 bits per heavy atom. The van der Waals surface area contributed by atoms with Crippen molar-refractivity contribution in [2.24, 2.45) is 5.92 Å². The van der Waals surface area contributed by atoms with Crippen molar-refractivity contribution in [3.05, 3.63) is 60.2 Å². The molecule has 1 N–H and O–H groups in total. The third-order valence-corrected chi connectivity index (χ3v) is 4.03. The topological polar surface area (TPSA) is 57.6 Å². The highest BCUT2D eigenvalue weighted by Crippen LogP contribution is 2.27. The number of likely N-dealkylation sites (tertiary alicyclic amines) is 1. The van der Waals surface area contributed by atoms with Crippen LogP contribution in [0.2, 0.25) is 0 Å². The lowest BCUT2D eigenvalue weighted by atomic mass is 9.99. The molecule has 1 heterocycles. The molecule has 0 aliphatic carbocycles. The first-order valence-corrected chi connectivity index (χ1v) is 7.29. The van der Waals surface area contributed by atoms with Gasteiger partial charge in [-0.3, -0.25) is 9.59 Å². The molecule has 1 fully saturated rings. The lowest BCUT2D eigenvalue weighted by Gasteiger charge is -2.18. The van der Waals surface area contributed by atoms with E-state index in [2.05, 4.69) is 0 Å². The zero-order valence-corrected chi connectivity index (χ0v) is 12.1. The van der Waals surface area contributed by atoms with Crippen molar-refractivity contribution < 1.29 is 14.7 Å². The summed E-state index contributed by atoms with van der Waals surface area (Å²) in [4.78, 5) is 24.7. The molecule has 2 aromatic carbocycles. The number of nitrogens with zero attached hydrogens (tertiary/aromatic N) is 1. The Bertz CT molecular complexity index is 696. The molecule has 0 saturated carbocycles. The monoisotopic (exact) mass is 295 g/mol. The second kappa shape index (κ2) is 6.02. The Labute approximate surface area is 129 Å². The first-order valence-electron chi connectivity index (χ1n) is 7.29. The van der Waals surface area contributed by atoms with Crippen molar-refractivity contribution in [3.8, 4) is 11.1 Å². The molecule has 22 heavy (non-hydrogen) atoms. The number of hydrogen-bond donors (Lipinski definition) is 1. The van der Waals surface area contributed by atoms with E-state index in [-0.39, 0.29) is 18.9 Å². The summed E-state index contributed by atoms with van der Waals surface area (Å²) in [5, 5.41) is 9.07. The molecular formula is C18H17NO3. The molecule has 1 aliphatic rings. The van der Waals surface area contributed by atoms with E-state index in [9.17, 15) is 9.59 Å². The van der Waals surface area contributed by atoms with E-state index in [1.165, 1.54) is 0 Å². The molecule has 1 aliphatic heterocycles. The molecule has 0 bridgehead atoms. The molecule has 0 radical (unpaired) electrons. The van der Waals surface area contributed by atoms with Crippen LogP contribution in [0.15, 0.2) is 54.6 Å². The van der Waals surface area contributed by atoms with E-state index in [4.69, 9.17) is 5.11 Å². The summed E-state index contributed by atoms with van der Waals surface area (Å²) in [5.74, 6) is -1.57. The van der Waals surface area contributed by atoms with Gasteiger partial charge in [0, 0.05) is 19.5 Å². The van der Waals surface area contributed by atoms with Gasteiger partial charge in [-0.2, -0.15) is 0 Å². The largest absolute Gasteiger partial charge is 0.481 e. The smallest absolute Gasteiger partial charge is 0.308 e. The average molecular weight is 295 g/mol. The Morgan fingerprint density at radius 2 is 1.77 bits per heavy atom. The summed E-state index contributed by atoms with van der Waals surface area (Å²) in [6, 6.07) is 17.9.